The first-order valence-electron chi connectivity index (χ1n) is 11.3. The molecule has 1 fully saturated rings. The molecule has 172 valence electrons. The largest absolute Gasteiger partial charge is 0.338 e. The first-order valence-corrected chi connectivity index (χ1v) is 11.6. The van der Waals surface area contributed by atoms with E-state index in [1.54, 1.807) is 17.0 Å². The van der Waals surface area contributed by atoms with Gasteiger partial charge in [-0.25, -0.2) is 4.79 Å². The number of halogens is 1. The molecule has 2 N–H and O–H groups in total. The summed E-state index contributed by atoms with van der Waals surface area (Å²) in [6.07, 6.45) is 3.32. The molecule has 0 radical (unpaired) electrons. The van der Waals surface area contributed by atoms with Crippen molar-refractivity contribution in [3.05, 3.63) is 75.8 Å². The summed E-state index contributed by atoms with van der Waals surface area (Å²) < 4.78 is 0. The normalized spacial score (nSPS) is 18.2. The molecule has 7 heteroatoms. The van der Waals surface area contributed by atoms with Crippen LogP contribution in [0.2, 0.25) is 5.02 Å². The number of urea groups is 1. The smallest absolute Gasteiger partial charge is 0.319 e. The zero-order valence-corrected chi connectivity index (χ0v) is 19.5. The van der Waals surface area contributed by atoms with Crippen molar-refractivity contribution in [2.45, 2.75) is 51.6 Å². The van der Waals surface area contributed by atoms with E-state index in [-0.39, 0.29) is 23.8 Å². The highest BCUT2D eigenvalue weighted by molar-refractivity contribution is 6.31. The second-order valence-electron chi connectivity index (χ2n) is 8.77. The number of ketones is 1. The Labute approximate surface area is 199 Å². The first-order chi connectivity index (χ1) is 15.8. The summed E-state index contributed by atoms with van der Waals surface area (Å²) in [6, 6.07) is 10.3. The maximum absolute atomic E-state index is 13.1. The molecule has 0 saturated heterocycles. The van der Waals surface area contributed by atoms with Gasteiger partial charge in [0.05, 0.1) is 6.04 Å². The van der Waals surface area contributed by atoms with Gasteiger partial charge in [0.1, 0.15) is 0 Å². The average molecular weight is 466 g/mol. The second kappa shape index (κ2) is 9.79. The molecule has 6 nitrogen and oxygen atoms in total. The van der Waals surface area contributed by atoms with Crippen LogP contribution in [0.3, 0.4) is 0 Å². The lowest BCUT2D eigenvalue weighted by molar-refractivity contribution is -0.122. The van der Waals surface area contributed by atoms with Gasteiger partial charge in [-0.15, -0.1) is 0 Å². The minimum absolute atomic E-state index is 0.0785. The maximum atomic E-state index is 13.1. The zero-order chi connectivity index (χ0) is 23.5. The van der Waals surface area contributed by atoms with Crippen molar-refractivity contribution in [3.63, 3.8) is 0 Å². The Kier molecular flexibility index (Phi) is 6.84. The van der Waals surface area contributed by atoms with E-state index in [1.165, 1.54) is 0 Å². The molecule has 1 aliphatic heterocycles. The summed E-state index contributed by atoms with van der Waals surface area (Å²) in [5.74, 6) is -0.00517. The van der Waals surface area contributed by atoms with Crippen molar-refractivity contribution in [2.24, 2.45) is 0 Å². The highest BCUT2D eigenvalue weighted by Gasteiger charge is 2.37. The first kappa shape index (κ1) is 23.1. The van der Waals surface area contributed by atoms with Crippen molar-refractivity contribution in [2.75, 3.05) is 11.9 Å². The molecule has 1 heterocycles. The Balaban J connectivity index is 1.38. The predicted octanol–water partition coefficient (Wildman–Crippen LogP) is 5.04. The van der Waals surface area contributed by atoms with Crippen molar-refractivity contribution in [1.29, 1.82) is 0 Å². The third-order valence-electron chi connectivity index (χ3n) is 6.38. The Bertz CT molecular complexity index is 1130. The van der Waals surface area contributed by atoms with Crippen LogP contribution in [-0.2, 0) is 17.8 Å². The van der Waals surface area contributed by atoms with Gasteiger partial charge in [0.15, 0.2) is 5.78 Å². The van der Waals surface area contributed by atoms with Gasteiger partial charge in [0.2, 0.25) is 0 Å². The summed E-state index contributed by atoms with van der Waals surface area (Å²) in [4.78, 5) is 39.8. The average Bonchev–Trinajstić information content (AvgIpc) is 3.00. The van der Waals surface area contributed by atoms with Crippen LogP contribution >= 0.6 is 11.6 Å². The monoisotopic (exact) mass is 465 g/mol. The van der Waals surface area contributed by atoms with Crippen molar-refractivity contribution in [1.82, 2.24) is 10.2 Å². The lowest BCUT2D eigenvalue weighted by atomic mass is 10.0. The molecule has 3 amide bonds. The zero-order valence-electron chi connectivity index (χ0n) is 18.7. The van der Waals surface area contributed by atoms with E-state index in [0.29, 0.717) is 48.6 Å². The number of Topliss-reactive ketones (excluding diaryl/α,β-unsaturated/α-hetero) is 1. The number of hydrogen-bond donors (Lipinski definition) is 2. The molecule has 1 atom stereocenters. The van der Waals surface area contributed by atoms with Gasteiger partial charge in [0, 0.05) is 35.8 Å². The van der Waals surface area contributed by atoms with Gasteiger partial charge >= 0.3 is 6.03 Å². The number of rotatable bonds is 5. The number of carbonyl (C=O) groups excluding carboxylic acids is 3. The molecular weight excluding hydrogens is 438 g/mol. The predicted molar refractivity (Wildman–Crippen MR) is 130 cm³/mol. The molecule has 4 rings (SSSR count). The molecule has 1 aliphatic carbocycles. The maximum Gasteiger partial charge on any atom is 0.319 e. The quantitative estimate of drug-likeness (QED) is 0.479. The molecule has 33 heavy (non-hydrogen) atoms. The van der Waals surface area contributed by atoms with Crippen molar-refractivity contribution in [3.8, 4) is 0 Å². The topological polar surface area (TPSA) is 78.5 Å². The molecule has 2 aromatic carbocycles. The minimum atomic E-state index is -0.387. The highest BCUT2D eigenvalue weighted by Crippen LogP contribution is 2.32. The summed E-state index contributed by atoms with van der Waals surface area (Å²) in [5, 5.41) is 6.23. The van der Waals surface area contributed by atoms with Gasteiger partial charge in [-0.3, -0.25) is 9.59 Å². The number of allylic oxidation sites excluding steroid dienone is 1. The highest BCUT2D eigenvalue weighted by atomic mass is 35.5. The van der Waals surface area contributed by atoms with Crippen molar-refractivity contribution >= 4 is 35.0 Å². The van der Waals surface area contributed by atoms with E-state index >= 15 is 0 Å². The summed E-state index contributed by atoms with van der Waals surface area (Å²) in [5.41, 5.74) is 5.13. The van der Waals surface area contributed by atoms with Crippen LogP contribution in [-0.4, -0.2) is 35.2 Å². The van der Waals surface area contributed by atoms with Gasteiger partial charge in [-0.05, 0) is 67.5 Å². The van der Waals surface area contributed by atoms with E-state index in [2.05, 4.69) is 17.2 Å². The molecular formula is C26H28ClN3O3. The van der Waals surface area contributed by atoms with Crippen LogP contribution in [0.1, 0.15) is 52.7 Å². The fraction of sp³-hybridized carbons (Fsp3) is 0.346. The van der Waals surface area contributed by atoms with E-state index in [0.717, 1.165) is 35.1 Å². The van der Waals surface area contributed by atoms with Gasteiger partial charge < -0.3 is 15.5 Å². The number of aryl methyl sites for hydroxylation is 1. The molecule has 2 aromatic rings. The molecule has 2 aliphatic rings. The third kappa shape index (κ3) is 5.11. The lowest BCUT2D eigenvalue weighted by Crippen LogP contribution is -2.40. The number of hydrogen-bond acceptors (Lipinski definition) is 3. The number of fused-ring (bicyclic) bond motifs is 1. The Morgan fingerprint density at radius 1 is 1.24 bits per heavy atom. The Morgan fingerprint density at radius 2 is 2.06 bits per heavy atom. The van der Waals surface area contributed by atoms with Crippen LogP contribution in [0, 0.1) is 6.92 Å². The number of nitrogens with zero attached hydrogens (tertiary/aromatic N) is 1. The fourth-order valence-corrected chi connectivity index (χ4v) is 4.73. The van der Waals surface area contributed by atoms with Gasteiger partial charge in [-0.1, -0.05) is 42.0 Å². The summed E-state index contributed by atoms with van der Waals surface area (Å²) in [7, 11) is 0. The number of benzene rings is 2. The molecule has 0 aromatic heterocycles. The molecule has 1 unspecified atom stereocenters. The molecule has 0 spiro atoms. The number of amides is 3. The van der Waals surface area contributed by atoms with Crippen LogP contribution < -0.4 is 10.6 Å². The van der Waals surface area contributed by atoms with E-state index in [1.807, 2.05) is 31.2 Å². The van der Waals surface area contributed by atoms with Crippen molar-refractivity contribution < 1.29 is 14.4 Å². The van der Waals surface area contributed by atoms with Gasteiger partial charge in [0.25, 0.3) is 5.91 Å². The standard InChI is InChI=1S/C26H28ClN3O3/c1-16-5-3-8-23(24(31)13-16)30-15-21-18(6-4-7-20(21)25(30)32)11-12-28-26(33)29-19-10-9-17(2)22(27)14-19/h4,6-7,9-10,14,23H,1,3,5,8,11-13,15H2,2H3,(H2,28,29,33). The number of nitrogens with one attached hydrogen (secondary N) is 2. The molecule has 0 bridgehead atoms. The minimum Gasteiger partial charge on any atom is -0.338 e. The SMILES string of the molecule is C=C1CCCC(N2Cc3c(CCNC(=O)Nc4ccc(C)c(Cl)c4)cccc3C2=O)C(=O)C1. The number of anilines is 1. The third-order valence-corrected chi connectivity index (χ3v) is 6.79. The number of carbonyl (C=O) groups is 3. The second-order valence-corrected chi connectivity index (χ2v) is 9.18. The van der Waals surface area contributed by atoms with Gasteiger partial charge in [-0.2, -0.15) is 0 Å². The van der Waals surface area contributed by atoms with E-state index in [4.69, 9.17) is 11.6 Å². The van der Waals surface area contributed by atoms with Crippen LogP contribution in [0.4, 0.5) is 10.5 Å². The van der Waals surface area contributed by atoms with Crippen LogP contribution in [0.5, 0.6) is 0 Å². The van der Waals surface area contributed by atoms with E-state index < -0.39 is 0 Å². The Hall–Kier alpha value is -3.12. The van der Waals surface area contributed by atoms with Crippen LogP contribution in [0.25, 0.3) is 0 Å². The lowest BCUT2D eigenvalue weighted by Gasteiger charge is -2.25. The van der Waals surface area contributed by atoms with E-state index in [9.17, 15) is 14.4 Å². The summed E-state index contributed by atoms with van der Waals surface area (Å²) >= 11 is 6.11. The Morgan fingerprint density at radius 3 is 2.85 bits per heavy atom. The van der Waals surface area contributed by atoms with Crippen LogP contribution in [0.15, 0.2) is 48.6 Å². The fourth-order valence-electron chi connectivity index (χ4n) is 4.55. The molecule has 1 saturated carbocycles. The summed E-state index contributed by atoms with van der Waals surface area (Å²) in [6.45, 7) is 6.72.